The van der Waals surface area contributed by atoms with Crippen LogP contribution >= 0.6 is 11.3 Å². The molecule has 1 aliphatic heterocycles. The zero-order valence-electron chi connectivity index (χ0n) is 14.4. The highest BCUT2D eigenvalue weighted by atomic mass is 32.1. The first-order valence-electron chi connectivity index (χ1n) is 8.79. The van der Waals surface area contributed by atoms with Crippen LogP contribution in [0.1, 0.15) is 21.7 Å². The summed E-state index contributed by atoms with van der Waals surface area (Å²) in [5.74, 6) is -0.433. The highest BCUT2D eigenvalue weighted by molar-refractivity contribution is 7.13. The molecular formula is C21H16FN3OS. The topological polar surface area (TPSA) is 49.0 Å². The number of H-pyrrole nitrogens is 1. The van der Waals surface area contributed by atoms with Gasteiger partial charge in [0.25, 0.3) is 5.91 Å². The van der Waals surface area contributed by atoms with Gasteiger partial charge in [0.1, 0.15) is 16.5 Å². The molecule has 0 radical (unpaired) electrons. The molecule has 0 saturated carbocycles. The number of thiazole rings is 1. The number of nitrogens with one attached hydrogen (secondary N) is 1. The Morgan fingerprint density at radius 3 is 2.85 bits per heavy atom. The first-order chi connectivity index (χ1) is 13.2. The molecule has 1 aliphatic rings. The van der Waals surface area contributed by atoms with Gasteiger partial charge in [-0.15, -0.1) is 11.3 Å². The number of hydrogen-bond donors (Lipinski definition) is 1. The average Bonchev–Trinajstić information content (AvgIpc) is 3.32. The molecule has 2 aromatic heterocycles. The molecule has 0 fully saturated rings. The summed E-state index contributed by atoms with van der Waals surface area (Å²) in [6, 6.07) is 14.7. The fourth-order valence-electron chi connectivity index (χ4n) is 3.63. The van der Waals surface area contributed by atoms with Crippen molar-refractivity contribution in [2.45, 2.75) is 13.0 Å². The average molecular weight is 377 g/mol. The van der Waals surface area contributed by atoms with Crippen molar-refractivity contribution in [1.82, 2.24) is 14.9 Å². The largest absolute Gasteiger partial charge is 0.358 e. The van der Waals surface area contributed by atoms with Gasteiger partial charge in [-0.1, -0.05) is 30.3 Å². The second-order valence-corrected chi connectivity index (χ2v) is 7.48. The summed E-state index contributed by atoms with van der Waals surface area (Å²) in [7, 11) is 0. The lowest BCUT2D eigenvalue weighted by atomic mass is 10.0. The molecule has 6 heteroatoms. The summed E-state index contributed by atoms with van der Waals surface area (Å²) in [6.07, 6.45) is 0.792. The van der Waals surface area contributed by atoms with Crippen LogP contribution in [0.15, 0.2) is 53.9 Å². The van der Waals surface area contributed by atoms with Gasteiger partial charge in [0.2, 0.25) is 0 Å². The monoisotopic (exact) mass is 377 g/mol. The van der Waals surface area contributed by atoms with Gasteiger partial charge in [-0.2, -0.15) is 0 Å². The Morgan fingerprint density at radius 1 is 1.15 bits per heavy atom. The van der Waals surface area contributed by atoms with Gasteiger partial charge in [0.15, 0.2) is 0 Å². The van der Waals surface area contributed by atoms with E-state index < -0.39 is 0 Å². The van der Waals surface area contributed by atoms with Crippen LogP contribution < -0.4 is 0 Å². The number of rotatable bonds is 2. The number of aromatic amines is 1. The van der Waals surface area contributed by atoms with E-state index >= 15 is 0 Å². The molecule has 0 bridgehead atoms. The Hall–Kier alpha value is -2.99. The second kappa shape index (κ2) is 6.32. The second-order valence-electron chi connectivity index (χ2n) is 6.62. The van der Waals surface area contributed by atoms with Crippen LogP contribution in [0.3, 0.4) is 0 Å². The third-order valence-corrected chi connectivity index (χ3v) is 5.87. The predicted octanol–water partition coefficient (Wildman–Crippen LogP) is 4.63. The van der Waals surface area contributed by atoms with Crippen molar-refractivity contribution in [3.05, 3.63) is 76.7 Å². The normalized spacial score (nSPS) is 13.7. The van der Waals surface area contributed by atoms with Gasteiger partial charge in [-0.3, -0.25) is 4.79 Å². The highest BCUT2D eigenvalue weighted by Gasteiger charge is 2.26. The lowest BCUT2D eigenvalue weighted by molar-refractivity contribution is 0.0730. The Labute approximate surface area is 159 Å². The molecule has 0 saturated heterocycles. The number of para-hydroxylation sites is 1. The molecule has 1 amide bonds. The minimum Gasteiger partial charge on any atom is -0.358 e. The minimum atomic E-state index is -0.327. The summed E-state index contributed by atoms with van der Waals surface area (Å²) >= 11 is 1.29. The molecule has 1 N–H and O–H groups in total. The fraction of sp³-hybridized carbons (Fsp3) is 0.143. The smallest absolute Gasteiger partial charge is 0.273 e. The molecule has 2 aromatic carbocycles. The SMILES string of the molecule is O=C(c1csc(-c2ccccc2F)n1)N1CCc2[nH]c3ccccc3c2C1. The van der Waals surface area contributed by atoms with Crippen LogP contribution in [0, 0.1) is 5.82 Å². The number of aromatic nitrogens is 2. The van der Waals surface area contributed by atoms with E-state index in [0.29, 0.717) is 29.4 Å². The molecule has 5 rings (SSSR count). The van der Waals surface area contributed by atoms with E-state index in [0.717, 1.165) is 17.3 Å². The number of halogens is 1. The number of benzene rings is 2. The number of amides is 1. The molecule has 134 valence electrons. The van der Waals surface area contributed by atoms with Crippen LogP contribution in [-0.4, -0.2) is 27.3 Å². The van der Waals surface area contributed by atoms with E-state index in [-0.39, 0.29) is 11.7 Å². The van der Waals surface area contributed by atoms with Crippen molar-refractivity contribution in [3.63, 3.8) is 0 Å². The van der Waals surface area contributed by atoms with Crippen molar-refractivity contribution in [2.75, 3.05) is 6.54 Å². The van der Waals surface area contributed by atoms with Gasteiger partial charge in [-0.25, -0.2) is 9.37 Å². The summed E-state index contributed by atoms with van der Waals surface area (Å²) in [4.78, 5) is 22.6. The molecule has 3 heterocycles. The molecule has 0 aliphatic carbocycles. The molecule has 0 unspecified atom stereocenters. The maximum atomic E-state index is 14.0. The fourth-order valence-corrected chi connectivity index (χ4v) is 4.45. The van der Waals surface area contributed by atoms with Crippen molar-refractivity contribution in [2.24, 2.45) is 0 Å². The predicted molar refractivity (Wildman–Crippen MR) is 104 cm³/mol. The summed E-state index contributed by atoms with van der Waals surface area (Å²) in [5.41, 5.74) is 4.29. The van der Waals surface area contributed by atoms with Crippen LogP contribution in [0.25, 0.3) is 21.5 Å². The van der Waals surface area contributed by atoms with Crippen LogP contribution in [0.5, 0.6) is 0 Å². The molecular weight excluding hydrogens is 361 g/mol. The lowest BCUT2D eigenvalue weighted by Crippen LogP contribution is -2.36. The number of hydrogen-bond acceptors (Lipinski definition) is 3. The minimum absolute atomic E-state index is 0.107. The molecule has 4 nitrogen and oxygen atoms in total. The van der Waals surface area contributed by atoms with E-state index in [1.807, 2.05) is 17.0 Å². The highest BCUT2D eigenvalue weighted by Crippen LogP contribution is 2.30. The Kier molecular flexibility index (Phi) is 3.79. The van der Waals surface area contributed by atoms with Crippen LogP contribution in [-0.2, 0) is 13.0 Å². The Balaban J connectivity index is 1.43. The number of carbonyl (C=O) groups excluding carboxylic acids is 1. The van der Waals surface area contributed by atoms with Crippen molar-refractivity contribution in [3.8, 4) is 10.6 Å². The van der Waals surface area contributed by atoms with Crippen molar-refractivity contribution >= 4 is 28.1 Å². The Morgan fingerprint density at radius 2 is 1.96 bits per heavy atom. The first-order valence-corrected chi connectivity index (χ1v) is 9.67. The quantitative estimate of drug-likeness (QED) is 0.554. The van der Waals surface area contributed by atoms with Crippen LogP contribution in [0.2, 0.25) is 0 Å². The number of nitrogens with zero attached hydrogens (tertiary/aromatic N) is 2. The third-order valence-electron chi connectivity index (χ3n) is 5.00. The summed E-state index contributed by atoms with van der Waals surface area (Å²) in [6.45, 7) is 1.20. The van der Waals surface area contributed by atoms with Gasteiger partial charge in [0.05, 0.1) is 0 Å². The third kappa shape index (κ3) is 2.73. The Bertz CT molecular complexity index is 1160. The van der Waals surface area contributed by atoms with Gasteiger partial charge in [-0.05, 0) is 18.2 Å². The van der Waals surface area contributed by atoms with Gasteiger partial charge >= 0.3 is 0 Å². The maximum absolute atomic E-state index is 14.0. The van der Waals surface area contributed by atoms with E-state index in [1.165, 1.54) is 28.7 Å². The summed E-state index contributed by atoms with van der Waals surface area (Å²) < 4.78 is 14.0. The molecule has 27 heavy (non-hydrogen) atoms. The van der Waals surface area contributed by atoms with Crippen molar-refractivity contribution < 1.29 is 9.18 Å². The first kappa shape index (κ1) is 16.2. The number of fused-ring (bicyclic) bond motifs is 3. The van der Waals surface area contributed by atoms with Gasteiger partial charge in [0, 0.05) is 52.6 Å². The van der Waals surface area contributed by atoms with Gasteiger partial charge < -0.3 is 9.88 Å². The van der Waals surface area contributed by atoms with E-state index in [1.54, 1.807) is 23.6 Å². The molecule has 0 spiro atoms. The van der Waals surface area contributed by atoms with E-state index in [4.69, 9.17) is 0 Å². The lowest BCUT2D eigenvalue weighted by Gasteiger charge is -2.26. The van der Waals surface area contributed by atoms with E-state index in [2.05, 4.69) is 22.1 Å². The molecule has 4 aromatic rings. The number of carbonyl (C=O) groups is 1. The molecule has 0 atom stereocenters. The van der Waals surface area contributed by atoms with E-state index in [9.17, 15) is 9.18 Å². The van der Waals surface area contributed by atoms with Crippen LogP contribution in [0.4, 0.5) is 4.39 Å². The summed E-state index contributed by atoms with van der Waals surface area (Å²) in [5, 5.41) is 3.41. The zero-order chi connectivity index (χ0) is 18.4. The standard InChI is InChI=1S/C21H16FN3OS/c22-16-7-3-1-6-14(16)20-24-19(12-27-20)21(26)25-10-9-18-15(11-25)13-5-2-4-8-17(13)23-18/h1-8,12,23H,9-11H2. The van der Waals surface area contributed by atoms with Crippen molar-refractivity contribution in [1.29, 1.82) is 0 Å². The zero-order valence-corrected chi connectivity index (χ0v) is 15.2. The maximum Gasteiger partial charge on any atom is 0.273 e.